The van der Waals surface area contributed by atoms with E-state index in [9.17, 15) is 9.59 Å². The minimum Gasteiger partial charge on any atom is -0.481 e. The molecule has 2 atom stereocenters. The number of nitrogens with zero attached hydrogens (tertiary/aromatic N) is 2. The second-order valence-electron chi connectivity index (χ2n) is 6.52. The van der Waals surface area contributed by atoms with Crippen LogP contribution in [-0.4, -0.2) is 26.8 Å². The van der Waals surface area contributed by atoms with Gasteiger partial charge in [-0.3, -0.25) is 14.3 Å². The van der Waals surface area contributed by atoms with Crippen LogP contribution in [0.15, 0.2) is 42.7 Å². The summed E-state index contributed by atoms with van der Waals surface area (Å²) in [5, 5.41) is 16.1. The van der Waals surface area contributed by atoms with Crippen LogP contribution >= 0.6 is 0 Å². The van der Waals surface area contributed by atoms with Crippen LogP contribution in [0, 0.1) is 17.3 Å². The average molecular weight is 313 g/mol. The van der Waals surface area contributed by atoms with E-state index in [-0.39, 0.29) is 5.91 Å². The molecule has 1 aliphatic carbocycles. The lowest BCUT2D eigenvalue weighted by Crippen LogP contribution is -2.17. The van der Waals surface area contributed by atoms with E-state index in [0.29, 0.717) is 12.2 Å². The van der Waals surface area contributed by atoms with Crippen LogP contribution in [0.25, 0.3) is 0 Å². The maximum atomic E-state index is 12.3. The predicted octanol–water partition coefficient (Wildman–Crippen LogP) is 2.23. The van der Waals surface area contributed by atoms with Gasteiger partial charge in [-0.15, -0.1) is 0 Å². The maximum Gasteiger partial charge on any atom is 0.307 e. The van der Waals surface area contributed by atoms with Crippen molar-refractivity contribution in [2.75, 3.05) is 5.32 Å². The van der Waals surface area contributed by atoms with Crippen molar-refractivity contribution in [1.29, 1.82) is 0 Å². The lowest BCUT2D eigenvalue weighted by Gasteiger charge is -2.03. The summed E-state index contributed by atoms with van der Waals surface area (Å²) in [6.45, 7) is 4.22. The van der Waals surface area contributed by atoms with Gasteiger partial charge in [0.2, 0.25) is 5.91 Å². The van der Waals surface area contributed by atoms with Crippen LogP contribution in [-0.2, 0) is 16.1 Å². The van der Waals surface area contributed by atoms with Gasteiger partial charge in [0.1, 0.15) is 0 Å². The smallest absolute Gasteiger partial charge is 0.307 e. The second kappa shape index (κ2) is 5.53. The van der Waals surface area contributed by atoms with Crippen molar-refractivity contribution in [3.63, 3.8) is 0 Å². The van der Waals surface area contributed by atoms with Gasteiger partial charge in [-0.1, -0.05) is 44.2 Å². The highest BCUT2D eigenvalue weighted by molar-refractivity contribution is 5.99. The fraction of sp³-hybridized carbons (Fsp3) is 0.353. The minimum absolute atomic E-state index is 0.262. The van der Waals surface area contributed by atoms with Crippen molar-refractivity contribution in [2.24, 2.45) is 17.3 Å². The Balaban J connectivity index is 1.64. The number of hydrogen-bond acceptors (Lipinski definition) is 3. The van der Waals surface area contributed by atoms with Gasteiger partial charge in [0.25, 0.3) is 0 Å². The van der Waals surface area contributed by atoms with Crippen LogP contribution in [0.1, 0.15) is 19.4 Å². The minimum atomic E-state index is -0.921. The molecule has 1 aromatic carbocycles. The number of aliphatic carboxylic acids is 1. The number of amides is 1. The highest BCUT2D eigenvalue weighted by Crippen LogP contribution is 2.58. The standard InChI is InChI=1S/C17H19N3O3/c1-17(2)13(14(17)16(22)23)15(21)19-12-8-18-20(10-12)9-11-6-4-3-5-7-11/h3-8,10,13-14H,9H2,1-2H3,(H,19,21)(H,22,23)/t13-,14+/m1/s1. The maximum absolute atomic E-state index is 12.3. The molecular weight excluding hydrogens is 294 g/mol. The molecule has 2 aromatic rings. The van der Waals surface area contributed by atoms with Gasteiger partial charge in [-0.05, 0) is 11.0 Å². The molecule has 0 unspecified atom stereocenters. The van der Waals surface area contributed by atoms with Gasteiger partial charge >= 0.3 is 5.97 Å². The number of nitrogens with one attached hydrogen (secondary N) is 1. The van der Waals surface area contributed by atoms with E-state index in [1.165, 1.54) is 0 Å². The first kappa shape index (κ1) is 15.3. The van der Waals surface area contributed by atoms with Crippen LogP contribution in [0.3, 0.4) is 0 Å². The molecule has 6 heteroatoms. The largest absolute Gasteiger partial charge is 0.481 e. The molecule has 1 amide bonds. The summed E-state index contributed by atoms with van der Waals surface area (Å²) in [7, 11) is 0. The zero-order chi connectivity index (χ0) is 16.6. The first-order valence-corrected chi connectivity index (χ1v) is 7.49. The Hall–Kier alpha value is -2.63. The molecule has 2 N–H and O–H groups in total. The number of hydrogen-bond donors (Lipinski definition) is 2. The molecule has 120 valence electrons. The molecule has 0 saturated heterocycles. The van der Waals surface area contributed by atoms with Crippen LogP contribution < -0.4 is 5.32 Å². The Labute approximate surface area is 134 Å². The summed E-state index contributed by atoms with van der Waals surface area (Å²) in [5.41, 5.74) is 1.19. The number of benzene rings is 1. The van der Waals surface area contributed by atoms with Gasteiger partial charge in [-0.25, -0.2) is 0 Å². The van der Waals surface area contributed by atoms with Gasteiger partial charge in [-0.2, -0.15) is 5.10 Å². The Bertz CT molecular complexity index is 737. The first-order chi connectivity index (χ1) is 10.9. The van der Waals surface area contributed by atoms with Crippen molar-refractivity contribution in [2.45, 2.75) is 20.4 Å². The zero-order valence-electron chi connectivity index (χ0n) is 13.1. The second-order valence-corrected chi connectivity index (χ2v) is 6.52. The van der Waals surface area contributed by atoms with Gasteiger partial charge in [0, 0.05) is 6.20 Å². The molecule has 23 heavy (non-hydrogen) atoms. The highest BCUT2D eigenvalue weighted by Gasteiger charge is 2.65. The molecule has 1 heterocycles. The lowest BCUT2D eigenvalue weighted by atomic mass is 10.1. The predicted molar refractivity (Wildman–Crippen MR) is 84.8 cm³/mol. The van der Waals surface area contributed by atoms with Gasteiger partial charge < -0.3 is 10.4 Å². The number of carbonyl (C=O) groups excluding carboxylic acids is 1. The number of carboxylic acids is 1. The summed E-state index contributed by atoms with van der Waals surface area (Å²) in [4.78, 5) is 23.4. The Morgan fingerprint density at radius 1 is 1.26 bits per heavy atom. The van der Waals surface area contributed by atoms with E-state index in [1.54, 1.807) is 30.9 Å². The summed E-state index contributed by atoms with van der Waals surface area (Å²) < 4.78 is 1.73. The van der Waals surface area contributed by atoms with E-state index >= 15 is 0 Å². The van der Waals surface area contributed by atoms with Crippen LogP contribution in [0.2, 0.25) is 0 Å². The molecule has 1 aliphatic rings. The molecule has 1 saturated carbocycles. The molecular formula is C17H19N3O3. The lowest BCUT2D eigenvalue weighted by molar-refractivity contribution is -0.140. The number of carbonyl (C=O) groups is 2. The third kappa shape index (κ3) is 2.97. The third-order valence-electron chi connectivity index (χ3n) is 4.46. The van der Waals surface area contributed by atoms with Crippen molar-refractivity contribution in [3.8, 4) is 0 Å². The summed E-state index contributed by atoms with van der Waals surface area (Å²) in [6.07, 6.45) is 3.32. The normalized spacial score (nSPS) is 21.7. The topological polar surface area (TPSA) is 84.2 Å². The Morgan fingerprint density at radius 2 is 1.96 bits per heavy atom. The molecule has 0 bridgehead atoms. The van der Waals surface area contributed by atoms with E-state index in [0.717, 1.165) is 5.56 Å². The fourth-order valence-electron chi connectivity index (χ4n) is 3.09. The van der Waals surface area contributed by atoms with Crippen molar-refractivity contribution in [3.05, 3.63) is 48.3 Å². The summed E-state index contributed by atoms with van der Waals surface area (Å²) in [5.74, 6) is -2.31. The molecule has 0 aliphatic heterocycles. The molecule has 6 nitrogen and oxygen atoms in total. The number of carboxylic acid groups (broad SMARTS) is 1. The monoisotopic (exact) mass is 313 g/mol. The average Bonchev–Trinajstić information content (AvgIpc) is 2.84. The molecule has 1 aromatic heterocycles. The van der Waals surface area contributed by atoms with Crippen molar-refractivity contribution in [1.82, 2.24) is 9.78 Å². The highest BCUT2D eigenvalue weighted by atomic mass is 16.4. The Kier molecular flexibility index (Phi) is 3.67. The zero-order valence-corrected chi connectivity index (χ0v) is 13.1. The van der Waals surface area contributed by atoms with Crippen molar-refractivity contribution < 1.29 is 14.7 Å². The van der Waals surface area contributed by atoms with E-state index < -0.39 is 23.2 Å². The third-order valence-corrected chi connectivity index (χ3v) is 4.46. The number of anilines is 1. The van der Waals surface area contributed by atoms with Crippen LogP contribution in [0.4, 0.5) is 5.69 Å². The molecule has 0 radical (unpaired) electrons. The fourth-order valence-corrected chi connectivity index (χ4v) is 3.09. The van der Waals surface area contributed by atoms with Gasteiger partial charge in [0.05, 0.1) is 30.3 Å². The number of rotatable bonds is 5. The van der Waals surface area contributed by atoms with E-state index in [2.05, 4.69) is 10.4 Å². The summed E-state index contributed by atoms with van der Waals surface area (Å²) >= 11 is 0. The van der Waals surface area contributed by atoms with E-state index in [4.69, 9.17) is 5.11 Å². The SMILES string of the molecule is CC1(C)[C@H](C(=O)O)[C@@H]1C(=O)Nc1cnn(Cc2ccccc2)c1. The number of aromatic nitrogens is 2. The summed E-state index contributed by atoms with van der Waals surface area (Å²) in [6, 6.07) is 9.88. The van der Waals surface area contributed by atoms with Crippen LogP contribution in [0.5, 0.6) is 0 Å². The molecule has 0 spiro atoms. The Morgan fingerprint density at radius 3 is 2.57 bits per heavy atom. The molecule has 1 fully saturated rings. The van der Waals surface area contributed by atoms with E-state index in [1.807, 2.05) is 30.3 Å². The first-order valence-electron chi connectivity index (χ1n) is 7.49. The quantitative estimate of drug-likeness (QED) is 0.886. The van der Waals surface area contributed by atoms with Crippen molar-refractivity contribution >= 4 is 17.6 Å². The molecule has 3 rings (SSSR count). The van der Waals surface area contributed by atoms with Gasteiger partial charge in [0.15, 0.2) is 0 Å².